The lowest BCUT2D eigenvalue weighted by Gasteiger charge is -2.33. The van der Waals surface area contributed by atoms with Crippen molar-refractivity contribution in [3.05, 3.63) is 0 Å². The monoisotopic (exact) mass is 407 g/mol. The van der Waals surface area contributed by atoms with Gasteiger partial charge in [0.25, 0.3) is 0 Å². The quantitative estimate of drug-likeness (QED) is 0.599. The molecule has 2 saturated heterocycles. The molecule has 1 unspecified atom stereocenters. The molecule has 2 aliphatic rings. The zero-order valence-electron chi connectivity index (χ0n) is 16.0. The van der Waals surface area contributed by atoms with E-state index in [4.69, 9.17) is 4.74 Å². The molecule has 0 aromatic heterocycles. The van der Waals surface area contributed by atoms with Crippen molar-refractivity contribution < 1.29 is 14.3 Å². The third-order valence-corrected chi connectivity index (χ3v) is 5.84. The van der Waals surface area contributed by atoms with Crippen LogP contribution >= 0.6 is 24.2 Å². The molecule has 2 aliphatic heterocycles. The summed E-state index contributed by atoms with van der Waals surface area (Å²) in [5, 5.41) is 6.41. The van der Waals surface area contributed by atoms with E-state index in [0.29, 0.717) is 38.7 Å². The highest BCUT2D eigenvalue weighted by Crippen LogP contribution is 2.19. The van der Waals surface area contributed by atoms with Crippen molar-refractivity contribution in [3.8, 4) is 0 Å². The number of halogens is 1. The van der Waals surface area contributed by atoms with Crippen LogP contribution in [0.1, 0.15) is 39.5 Å². The van der Waals surface area contributed by atoms with E-state index in [2.05, 4.69) is 10.6 Å². The molecule has 0 aromatic rings. The van der Waals surface area contributed by atoms with Crippen molar-refractivity contribution in [3.63, 3.8) is 0 Å². The van der Waals surface area contributed by atoms with Crippen LogP contribution in [-0.2, 0) is 14.3 Å². The van der Waals surface area contributed by atoms with Gasteiger partial charge in [-0.25, -0.2) is 0 Å². The van der Waals surface area contributed by atoms with Crippen LogP contribution in [0.5, 0.6) is 0 Å². The minimum Gasteiger partial charge on any atom is -0.379 e. The lowest BCUT2D eigenvalue weighted by Crippen LogP contribution is -2.46. The second-order valence-corrected chi connectivity index (χ2v) is 8.30. The van der Waals surface area contributed by atoms with Crippen LogP contribution in [0, 0.1) is 5.92 Å². The van der Waals surface area contributed by atoms with Gasteiger partial charge in [-0.3, -0.25) is 9.59 Å². The summed E-state index contributed by atoms with van der Waals surface area (Å²) in [7, 11) is 0. The summed E-state index contributed by atoms with van der Waals surface area (Å²) in [5.41, 5.74) is 0. The molecule has 0 bridgehead atoms. The molecule has 152 valence electrons. The summed E-state index contributed by atoms with van der Waals surface area (Å²) in [5.74, 6) is 2.55. The van der Waals surface area contributed by atoms with Gasteiger partial charge in [-0.1, -0.05) is 0 Å². The Kier molecular flexibility index (Phi) is 11.6. The lowest BCUT2D eigenvalue weighted by atomic mass is 9.95. The molecular formula is C18H34ClN3O3S. The van der Waals surface area contributed by atoms with E-state index in [1.807, 2.05) is 30.5 Å². The minimum absolute atomic E-state index is 0. The van der Waals surface area contributed by atoms with Gasteiger partial charge in [0, 0.05) is 62.7 Å². The largest absolute Gasteiger partial charge is 0.379 e. The SMILES string of the molecule is CC(C)OCCCNC(=O)C1CCN(C(=O)CC2CSCCN2)CC1.Cl. The fourth-order valence-corrected chi connectivity index (χ4v) is 4.18. The normalized spacial score (nSPS) is 21.3. The van der Waals surface area contributed by atoms with Crippen LogP contribution in [0.15, 0.2) is 0 Å². The van der Waals surface area contributed by atoms with Gasteiger partial charge in [0.15, 0.2) is 0 Å². The van der Waals surface area contributed by atoms with Crippen molar-refractivity contribution in [1.82, 2.24) is 15.5 Å². The molecule has 0 aliphatic carbocycles. The Morgan fingerprint density at radius 2 is 2.04 bits per heavy atom. The molecule has 0 spiro atoms. The second-order valence-electron chi connectivity index (χ2n) is 7.15. The number of carbonyl (C=O) groups excluding carboxylic acids is 2. The molecule has 8 heteroatoms. The number of ether oxygens (including phenoxy) is 1. The first-order chi connectivity index (χ1) is 12.1. The van der Waals surface area contributed by atoms with Gasteiger partial charge >= 0.3 is 0 Å². The van der Waals surface area contributed by atoms with Gasteiger partial charge in [-0.15, -0.1) is 12.4 Å². The Balaban J connectivity index is 0.00000338. The van der Waals surface area contributed by atoms with Gasteiger partial charge in [-0.05, 0) is 33.1 Å². The molecule has 1 atom stereocenters. The number of hydrogen-bond acceptors (Lipinski definition) is 5. The molecule has 2 rings (SSSR count). The summed E-state index contributed by atoms with van der Waals surface area (Å²) in [6, 6.07) is 0.306. The van der Waals surface area contributed by atoms with E-state index >= 15 is 0 Å². The number of carbonyl (C=O) groups is 2. The summed E-state index contributed by atoms with van der Waals surface area (Å²) >= 11 is 1.91. The van der Waals surface area contributed by atoms with E-state index in [0.717, 1.165) is 37.3 Å². The number of piperidine rings is 1. The molecule has 0 radical (unpaired) electrons. The molecule has 2 heterocycles. The number of rotatable bonds is 8. The van der Waals surface area contributed by atoms with Gasteiger partial charge in [0.2, 0.25) is 11.8 Å². The summed E-state index contributed by atoms with van der Waals surface area (Å²) in [6.45, 7) is 7.76. The van der Waals surface area contributed by atoms with Crippen LogP contribution in [0.3, 0.4) is 0 Å². The number of nitrogens with one attached hydrogen (secondary N) is 2. The highest BCUT2D eigenvalue weighted by atomic mass is 35.5. The number of amides is 2. The van der Waals surface area contributed by atoms with Crippen LogP contribution in [0.2, 0.25) is 0 Å². The Morgan fingerprint density at radius 1 is 1.31 bits per heavy atom. The summed E-state index contributed by atoms with van der Waals surface area (Å²) < 4.78 is 5.47. The number of thioether (sulfide) groups is 1. The third kappa shape index (κ3) is 8.46. The standard InChI is InChI=1S/C18H33N3O3S.ClH/c1-14(2)24-10-3-6-20-18(23)15-4-8-21(9-5-15)17(22)12-16-13-25-11-7-19-16;/h14-16,19H,3-13H2,1-2H3,(H,20,23);1H. The highest BCUT2D eigenvalue weighted by molar-refractivity contribution is 7.99. The van der Waals surface area contributed by atoms with E-state index in [1.54, 1.807) is 0 Å². The zero-order valence-corrected chi connectivity index (χ0v) is 17.6. The Bertz CT molecular complexity index is 426. The maximum Gasteiger partial charge on any atom is 0.224 e. The predicted molar refractivity (Wildman–Crippen MR) is 109 cm³/mol. The van der Waals surface area contributed by atoms with Crippen LogP contribution in [0.25, 0.3) is 0 Å². The molecule has 2 N–H and O–H groups in total. The molecule has 2 amide bonds. The maximum absolute atomic E-state index is 12.4. The minimum atomic E-state index is 0. The van der Waals surface area contributed by atoms with Crippen LogP contribution in [-0.4, -0.2) is 73.2 Å². The Morgan fingerprint density at radius 3 is 2.65 bits per heavy atom. The highest BCUT2D eigenvalue weighted by Gasteiger charge is 2.28. The van der Waals surface area contributed by atoms with E-state index in [-0.39, 0.29) is 36.2 Å². The molecule has 2 fully saturated rings. The van der Waals surface area contributed by atoms with Crippen LogP contribution in [0.4, 0.5) is 0 Å². The fraction of sp³-hybridized carbons (Fsp3) is 0.889. The zero-order chi connectivity index (χ0) is 18.1. The van der Waals surface area contributed by atoms with Crippen molar-refractivity contribution in [2.24, 2.45) is 5.92 Å². The van der Waals surface area contributed by atoms with Crippen molar-refractivity contribution in [2.45, 2.75) is 51.7 Å². The third-order valence-electron chi connectivity index (χ3n) is 4.71. The first kappa shape index (κ1) is 23.5. The van der Waals surface area contributed by atoms with Crippen molar-refractivity contribution >= 4 is 36.0 Å². The average molecular weight is 408 g/mol. The van der Waals surface area contributed by atoms with Gasteiger partial charge in [0.1, 0.15) is 0 Å². The number of nitrogens with zero attached hydrogens (tertiary/aromatic N) is 1. The second kappa shape index (κ2) is 12.8. The topological polar surface area (TPSA) is 70.7 Å². The van der Waals surface area contributed by atoms with E-state index in [9.17, 15) is 9.59 Å². The van der Waals surface area contributed by atoms with Crippen molar-refractivity contribution in [2.75, 3.05) is 44.3 Å². The first-order valence-electron chi connectivity index (χ1n) is 9.54. The van der Waals surface area contributed by atoms with E-state index in [1.165, 1.54) is 0 Å². The smallest absolute Gasteiger partial charge is 0.224 e. The molecular weight excluding hydrogens is 374 g/mol. The van der Waals surface area contributed by atoms with Crippen LogP contribution < -0.4 is 10.6 Å². The van der Waals surface area contributed by atoms with Gasteiger partial charge < -0.3 is 20.3 Å². The summed E-state index contributed by atoms with van der Waals surface area (Å²) in [6.07, 6.45) is 3.20. The number of likely N-dealkylation sites (tertiary alicyclic amines) is 1. The Labute approximate surface area is 168 Å². The fourth-order valence-electron chi connectivity index (χ4n) is 3.23. The lowest BCUT2D eigenvalue weighted by molar-refractivity contribution is -0.136. The molecule has 0 aromatic carbocycles. The Hall–Kier alpha value is -0.500. The van der Waals surface area contributed by atoms with Gasteiger partial charge in [0.05, 0.1) is 6.10 Å². The van der Waals surface area contributed by atoms with Crippen molar-refractivity contribution in [1.29, 1.82) is 0 Å². The van der Waals surface area contributed by atoms with E-state index < -0.39 is 0 Å². The maximum atomic E-state index is 12.4. The van der Waals surface area contributed by atoms with Gasteiger partial charge in [-0.2, -0.15) is 11.8 Å². The average Bonchev–Trinajstić information content (AvgIpc) is 2.62. The molecule has 6 nitrogen and oxygen atoms in total. The number of hydrogen-bond donors (Lipinski definition) is 2. The predicted octanol–water partition coefficient (Wildman–Crippen LogP) is 1.67. The molecule has 0 saturated carbocycles. The summed E-state index contributed by atoms with van der Waals surface area (Å²) in [4.78, 5) is 26.6. The molecule has 26 heavy (non-hydrogen) atoms. The first-order valence-corrected chi connectivity index (χ1v) is 10.7.